The Morgan fingerprint density at radius 3 is 2.18 bits per heavy atom. The van der Waals surface area contributed by atoms with Crippen LogP contribution in [-0.4, -0.2) is 9.38 Å². The predicted octanol–water partition coefficient (Wildman–Crippen LogP) is 10.6. The number of allylic oxidation sites excluding steroid dienone is 3. The van der Waals surface area contributed by atoms with Gasteiger partial charge in [-0.05, 0) is 103 Å². The highest BCUT2D eigenvalue weighted by Crippen LogP contribution is 2.44. The molecule has 2 aromatic heterocycles. The van der Waals surface area contributed by atoms with Gasteiger partial charge in [-0.2, -0.15) is 0 Å². The Kier molecular flexibility index (Phi) is 7.11. The molecule has 0 amide bonds. The summed E-state index contributed by atoms with van der Waals surface area (Å²) < 4.78 is 2.50. The fraction of sp³-hybridized carbons (Fsp3) is 0.417. The normalized spacial score (nSPS) is 15.7. The van der Waals surface area contributed by atoms with Gasteiger partial charge < -0.3 is 0 Å². The van der Waals surface area contributed by atoms with E-state index in [-0.39, 0.29) is 0 Å². The first-order valence-electron chi connectivity index (χ1n) is 14.5. The summed E-state index contributed by atoms with van der Waals surface area (Å²) in [7, 11) is 0. The van der Waals surface area contributed by atoms with Crippen molar-refractivity contribution in [3.05, 3.63) is 87.6 Å². The lowest BCUT2D eigenvalue weighted by Crippen LogP contribution is -2.10. The summed E-state index contributed by atoms with van der Waals surface area (Å²) in [5, 5.41) is 1.34. The zero-order chi connectivity index (χ0) is 27.3. The van der Waals surface area contributed by atoms with Crippen LogP contribution in [0.5, 0.6) is 0 Å². The molecule has 0 bridgehead atoms. The minimum absolute atomic E-state index is 0.421. The van der Waals surface area contributed by atoms with Gasteiger partial charge in [0, 0.05) is 16.5 Å². The molecule has 0 N–H and O–H groups in total. The van der Waals surface area contributed by atoms with Crippen molar-refractivity contribution in [2.45, 2.75) is 98.8 Å². The van der Waals surface area contributed by atoms with Gasteiger partial charge in [0.1, 0.15) is 5.65 Å². The van der Waals surface area contributed by atoms with Crippen LogP contribution in [0, 0.1) is 13.8 Å². The maximum atomic E-state index is 5.23. The van der Waals surface area contributed by atoms with Crippen LogP contribution in [0.15, 0.2) is 48.7 Å². The third kappa shape index (κ3) is 4.32. The first-order chi connectivity index (χ1) is 18.1. The number of imidazole rings is 1. The Morgan fingerprint density at radius 2 is 1.58 bits per heavy atom. The Bertz CT molecular complexity index is 1540. The highest BCUT2D eigenvalue weighted by molar-refractivity contribution is 5.96. The van der Waals surface area contributed by atoms with Crippen molar-refractivity contribution < 1.29 is 0 Å². The summed E-state index contributed by atoms with van der Waals surface area (Å²) in [6.45, 7) is 20.5. The molecule has 2 heteroatoms. The molecule has 2 heterocycles. The van der Waals surface area contributed by atoms with Gasteiger partial charge in [-0.25, -0.2) is 4.98 Å². The lowest BCUT2D eigenvalue weighted by Gasteiger charge is -2.26. The molecule has 0 saturated carbocycles. The fourth-order valence-electron chi connectivity index (χ4n) is 6.25. The summed E-state index contributed by atoms with van der Waals surface area (Å²) in [5.41, 5.74) is 14.7. The molecule has 0 fully saturated rings. The zero-order valence-corrected chi connectivity index (χ0v) is 24.8. The third-order valence-electron chi connectivity index (χ3n) is 8.59. The van der Waals surface area contributed by atoms with Crippen LogP contribution in [0.2, 0.25) is 0 Å². The molecule has 1 aliphatic carbocycles. The number of hydrogen-bond acceptors (Lipinski definition) is 1. The average Bonchev–Trinajstić information content (AvgIpc) is 3.32. The van der Waals surface area contributed by atoms with E-state index >= 15 is 0 Å². The van der Waals surface area contributed by atoms with E-state index in [1.54, 1.807) is 0 Å². The van der Waals surface area contributed by atoms with E-state index in [0.717, 1.165) is 18.5 Å². The number of pyridine rings is 1. The molecule has 0 aliphatic heterocycles. The van der Waals surface area contributed by atoms with Crippen molar-refractivity contribution >= 4 is 22.6 Å². The molecule has 2 aromatic carbocycles. The lowest BCUT2D eigenvalue weighted by atomic mass is 9.82. The van der Waals surface area contributed by atoms with Gasteiger partial charge in [-0.3, -0.25) is 4.40 Å². The molecular formula is C36H44N2. The Hall–Kier alpha value is -3.13. The average molecular weight is 505 g/mol. The van der Waals surface area contributed by atoms with E-state index in [2.05, 4.69) is 121 Å². The van der Waals surface area contributed by atoms with E-state index in [1.807, 2.05) is 0 Å². The van der Waals surface area contributed by atoms with Gasteiger partial charge in [0.2, 0.25) is 0 Å². The number of rotatable bonds is 6. The van der Waals surface area contributed by atoms with Gasteiger partial charge in [-0.1, -0.05) is 78.0 Å². The summed E-state index contributed by atoms with van der Waals surface area (Å²) in [6, 6.07) is 9.72. The second-order valence-corrected chi connectivity index (χ2v) is 12.3. The number of fused-ring (bicyclic) bond motifs is 6. The van der Waals surface area contributed by atoms with E-state index in [1.165, 1.54) is 61.1 Å². The summed E-state index contributed by atoms with van der Waals surface area (Å²) in [5.74, 6) is 1.78. The maximum absolute atomic E-state index is 5.23. The number of aryl methyl sites for hydroxylation is 2. The summed E-state index contributed by atoms with van der Waals surface area (Å²) in [4.78, 5) is 5.23. The molecule has 0 spiro atoms. The first-order valence-corrected chi connectivity index (χ1v) is 14.5. The van der Waals surface area contributed by atoms with Gasteiger partial charge in [0.05, 0.1) is 17.4 Å². The SMILES string of the molecule is CC=CCC1CC=Cc2c1c1ncc(-c3c(C(C)C)cc(C(C)C)cc3C(C)C)n1c1cc(C)c(C)cc21. The second-order valence-electron chi connectivity index (χ2n) is 12.3. The van der Waals surface area contributed by atoms with Crippen LogP contribution in [0.3, 0.4) is 0 Å². The van der Waals surface area contributed by atoms with Crippen molar-refractivity contribution in [2.75, 3.05) is 0 Å². The highest BCUT2D eigenvalue weighted by atomic mass is 15.0. The van der Waals surface area contributed by atoms with Crippen LogP contribution in [0.4, 0.5) is 0 Å². The van der Waals surface area contributed by atoms with Gasteiger partial charge >= 0.3 is 0 Å². The largest absolute Gasteiger partial charge is 0.292 e. The molecule has 1 unspecified atom stereocenters. The quantitative estimate of drug-likeness (QED) is 0.239. The molecule has 38 heavy (non-hydrogen) atoms. The maximum Gasteiger partial charge on any atom is 0.141 e. The number of aromatic nitrogens is 2. The van der Waals surface area contributed by atoms with Gasteiger partial charge in [0.15, 0.2) is 0 Å². The van der Waals surface area contributed by atoms with E-state index in [9.17, 15) is 0 Å². The van der Waals surface area contributed by atoms with Crippen LogP contribution < -0.4 is 0 Å². The standard InChI is InChI=1S/C36H44N2/c1-10-11-13-26-14-12-15-28-31-16-24(8)25(9)17-32(31)38-33(20-37-36(38)34(26)28)35-29(22(4)5)18-27(21(2)3)19-30(35)23(6)7/h10-12,15-23,26H,13-14H2,1-9H3. The topological polar surface area (TPSA) is 17.3 Å². The minimum atomic E-state index is 0.421. The molecule has 0 radical (unpaired) electrons. The van der Waals surface area contributed by atoms with Crippen LogP contribution in [0.1, 0.15) is 124 Å². The summed E-state index contributed by atoms with van der Waals surface area (Å²) in [6.07, 6.45) is 13.5. The number of benzene rings is 2. The Labute approximate surface area is 229 Å². The fourth-order valence-corrected chi connectivity index (χ4v) is 6.25. The number of nitrogens with zero attached hydrogens (tertiary/aromatic N) is 2. The van der Waals surface area contributed by atoms with Crippen molar-refractivity contribution in [1.29, 1.82) is 0 Å². The molecule has 4 aromatic rings. The third-order valence-corrected chi connectivity index (χ3v) is 8.59. The molecule has 1 aliphatic rings. The van der Waals surface area contributed by atoms with Crippen LogP contribution in [-0.2, 0) is 0 Å². The van der Waals surface area contributed by atoms with Crippen molar-refractivity contribution in [3.8, 4) is 11.3 Å². The molecule has 5 rings (SSSR count). The van der Waals surface area contributed by atoms with Crippen molar-refractivity contribution in [1.82, 2.24) is 9.38 Å². The van der Waals surface area contributed by atoms with Crippen molar-refractivity contribution in [3.63, 3.8) is 0 Å². The molecule has 198 valence electrons. The first kappa shape index (κ1) is 26.5. The molecule has 1 atom stereocenters. The van der Waals surface area contributed by atoms with E-state index < -0.39 is 0 Å². The van der Waals surface area contributed by atoms with E-state index in [4.69, 9.17) is 4.98 Å². The molecule has 2 nitrogen and oxygen atoms in total. The predicted molar refractivity (Wildman–Crippen MR) is 166 cm³/mol. The Morgan fingerprint density at radius 1 is 0.921 bits per heavy atom. The molecular weight excluding hydrogens is 460 g/mol. The van der Waals surface area contributed by atoms with Crippen LogP contribution >= 0.6 is 0 Å². The van der Waals surface area contributed by atoms with Crippen LogP contribution in [0.25, 0.3) is 33.9 Å². The monoisotopic (exact) mass is 504 g/mol. The highest BCUT2D eigenvalue weighted by Gasteiger charge is 2.27. The van der Waals surface area contributed by atoms with E-state index in [0.29, 0.717) is 23.7 Å². The zero-order valence-electron chi connectivity index (χ0n) is 24.8. The smallest absolute Gasteiger partial charge is 0.141 e. The second kappa shape index (κ2) is 10.2. The van der Waals surface area contributed by atoms with Gasteiger partial charge in [0.25, 0.3) is 0 Å². The minimum Gasteiger partial charge on any atom is -0.292 e. The summed E-state index contributed by atoms with van der Waals surface area (Å²) >= 11 is 0. The molecule has 0 saturated heterocycles. The Balaban J connectivity index is 1.96. The number of hydrogen-bond donors (Lipinski definition) is 0. The van der Waals surface area contributed by atoms with Gasteiger partial charge in [-0.15, -0.1) is 0 Å². The lowest BCUT2D eigenvalue weighted by molar-refractivity contribution is 0.707. The van der Waals surface area contributed by atoms with Crippen molar-refractivity contribution in [2.24, 2.45) is 0 Å².